The molecule has 2 amide bonds. The summed E-state index contributed by atoms with van der Waals surface area (Å²) in [5, 5.41) is 48.4. The zero-order valence-corrected chi connectivity index (χ0v) is 30.5. The lowest BCUT2D eigenvalue weighted by Crippen LogP contribution is -2.46. The summed E-state index contributed by atoms with van der Waals surface area (Å²) in [5.41, 5.74) is 7.13. The minimum absolute atomic E-state index is 0.0347. The van der Waals surface area contributed by atoms with Crippen molar-refractivity contribution in [2.75, 3.05) is 31.5 Å². The van der Waals surface area contributed by atoms with Gasteiger partial charge in [0.05, 0.1) is 13.1 Å². The lowest BCUT2D eigenvalue weighted by molar-refractivity contribution is -0.149. The predicted octanol–water partition coefficient (Wildman–Crippen LogP) is 2.97. The van der Waals surface area contributed by atoms with Gasteiger partial charge in [0.25, 0.3) is 0 Å². The number of hydrogen-bond acceptors (Lipinski definition) is 11. The van der Waals surface area contributed by atoms with Crippen LogP contribution in [0.25, 0.3) is 0 Å². The molecule has 0 saturated carbocycles. The number of halogens is 1. The number of carbonyl (C=O) groups is 7. The van der Waals surface area contributed by atoms with Crippen LogP contribution in [0.5, 0.6) is 0 Å². The second kappa shape index (κ2) is 29.3. The summed E-state index contributed by atoms with van der Waals surface area (Å²) in [6.07, 6.45) is 1.47. The van der Waals surface area contributed by atoms with Crippen molar-refractivity contribution in [3.8, 4) is 0 Å². The van der Waals surface area contributed by atoms with Crippen molar-refractivity contribution in [3.05, 3.63) is 71.8 Å². The van der Waals surface area contributed by atoms with Crippen molar-refractivity contribution < 1.29 is 68.6 Å². The molecule has 53 heavy (non-hydrogen) atoms. The van der Waals surface area contributed by atoms with E-state index in [2.05, 4.69) is 26.6 Å². The SMILES string of the molecule is NC(CCCCNC(=O)OCc1ccccc1)C(=O)O.O=C(O)CBr.O=C(O)CN(CC(=O)O)C(CCCCNC(=O)OCc1ccccc1)C(=O)O. The fourth-order valence-corrected chi connectivity index (χ4v) is 4.09. The number of ether oxygens (including phenoxy) is 2. The van der Waals surface area contributed by atoms with Crippen LogP contribution in [0.4, 0.5) is 9.59 Å². The Hall–Kier alpha value is -5.27. The first-order chi connectivity index (χ1) is 25.2. The molecular formula is C34H47BrN4O14. The minimum atomic E-state index is -1.31. The molecule has 0 aromatic heterocycles. The van der Waals surface area contributed by atoms with Crippen molar-refractivity contribution >= 4 is 58.0 Å². The fourth-order valence-electron chi connectivity index (χ4n) is 4.09. The summed E-state index contributed by atoms with van der Waals surface area (Å²) in [6, 6.07) is 16.5. The number of nitrogens with two attached hydrogens (primary N) is 1. The molecule has 0 aliphatic heterocycles. The Labute approximate surface area is 314 Å². The molecule has 0 aliphatic carbocycles. The van der Waals surface area contributed by atoms with Gasteiger partial charge in [-0.1, -0.05) is 76.6 Å². The summed E-state index contributed by atoms with van der Waals surface area (Å²) >= 11 is 2.71. The van der Waals surface area contributed by atoms with Crippen LogP contribution in [0.2, 0.25) is 0 Å². The molecule has 2 atom stereocenters. The van der Waals surface area contributed by atoms with E-state index in [1.54, 1.807) is 0 Å². The van der Waals surface area contributed by atoms with E-state index in [4.69, 9.17) is 35.6 Å². The van der Waals surface area contributed by atoms with Crippen LogP contribution >= 0.6 is 15.9 Å². The highest BCUT2D eigenvalue weighted by atomic mass is 79.9. The summed E-state index contributed by atoms with van der Waals surface area (Å²) in [4.78, 5) is 76.7. The second-order valence-corrected chi connectivity index (χ2v) is 11.5. The highest BCUT2D eigenvalue weighted by Crippen LogP contribution is 2.10. The van der Waals surface area contributed by atoms with E-state index in [1.165, 1.54) is 0 Å². The molecule has 2 aromatic carbocycles. The average Bonchev–Trinajstić information content (AvgIpc) is 3.11. The Morgan fingerprint density at radius 3 is 1.36 bits per heavy atom. The number of unbranched alkanes of at least 4 members (excludes halogenated alkanes) is 2. The number of hydrogen-bond donors (Lipinski definition) is 8. The fraction of sp³-hybridized carbons (Fsp3) is 0.441. The van der Waals surface area contributed by atoms with Gasteiger partial charge in [-0.3, -0.25) is 28.9 Å². The number of nitrogens with one attached hydrogen (secondary N) is 2. The molecule has 2 rings (SSSR count). The van der Waals surface area contributed by atoms with Crippen LogP contribution in [0.1, 0.15) is 49.7 Å². The third-order valence-corrected chi connectivity index (χ3v) is 7.12. The van der Waals surface area contributed by atoms with Crippen molar-refractivity contribution in [2.45, 2.75) is 63.8 Å². The van der Waals surface area contributed by atoms with Gasteiger partial charge in [-0.25, -0.2) is 9.59 Å². The van der Waals surface area contributed by atoms with E-state index in [9.17, 15) is 38.7 Å². The Kier molecular flexibility index (Phi) is 26.4. The molecule has 0 aliphatic rings. The molecule has 0 heterocycles. The average molecular weight is 816 g/mol. The molecule has 2 aromatic rings. The lowest BCUT2D eigenvalue weighted by atomic mass is 10.1. The molecule has 0 bridgehead atoms. The van der Waals surface area contributed by atoms with E-state index >= 15 is 0 Å². The first-order valence-electron chi connectivity index (χ1n) is 16.2. The second-order valence-electron chi connectivity index (χ2n) is 11.0. The molecule has 18 nitrogen and oxygen atoms in total. The number of alkyl carbamates (subject to hydrolysis) is 2. The summed E-state index contributed by atoms with van der Waals surface area (Å²) in [7, 11) is 0. The molecule has 0 radical (unpaired) electrons. The quantitative estimate of drug-likeness (QED) is 0.0626. The van der Waals surface area contributed by atoms with E-state index in [-0.39, 0.29) is 31.5 Å². The molecule has 0 spiro atoms. The number of carbonyl (C=O) groups excluding carboxylic acids is 2. The maximum Gasteiger partial charge on any atom is 0.407 e. The van der Waals surface area contributed by atoms with Gasteiger partial charge in [0.1, 0.15) is 30.6 Å². The van der Waals surface area contributed by atoms with Gasteiger partial charge in [0.15, 0.2) is 0 Å². The Bertz CT molecular complexity index is 1390. The van der Waals surface area contributed by atoms with E-state index in [1.807, 2.05) is 60.7 Å². The highest BCUT2D eigenvalue weighted by Gasteiger charge is 2.28. The summed E-state index contributed by atoms with van der Waals surface area (Å²) < 4.78 is 10.1. The number of carboxylic acids is 5. The van der Waals surface area contributed by atoms with E-state index < -0.39 is 67.2 Å². The number of nitrogens with zero attached hydrogens (tertiary/aromatic N) is 1. The van der Waals surface area contributed by atoms with Gasteiger partial charge in [0.2, 0.25) is 0 Å². The van der Waals surface area contributed by atoms with E-state index in [0.717, 1.165) is 16.0 Å². The molecule has 0 saturated heterocycles. The van der Waals surface area contributed by atoms with Gasteiger partial charge >= 0.3 is 42.0 Å². The highest BCUT2D eigenvalue weighted by molar-refractivity contribution is 9.09. The largest absolute Gasteiger partial charge is 0.481 e. The number of aliphatic carboxylic acids is 5. The number of benzene rings is 2. The maximum absolute atomic E-state index is 11.6. The van der Waals surface area contributed by atoms with Crippen molar-refractivity contribution in [3.63, 3.8) is 0 Å². The topological polar surface area (TPSA) is 292 Å². The third kappa shape index (κ3) is 27.1. The number of rotatable bonds is 22. The zero-order chi connectivity index (χ0) is 40.0. The first-order valence-corrected chi connectivity index (χ1v) is 17.3. The van der Waals surface area contributed by atoms with Crippen LogP contribution in [0, 0.1) is 0 Å². The molecular weight excluding hydrogens is 768 g/mol. The van der Waals surface area contributed by atoms with Crippen LogP contribution in [-0.2, 0) is 46.7 Å². The minimum Gasteiger partial charge on any atom is -0.481 e. The molecule has 19 heteroatoms. The van der Waals surface area contributed by atoms with Crippen LogP contribution < -0.4 is 16.4 Å². The van der Waals surface area contributed by atoms with Gasteiger partial charge in [-0.05, 0) is 49.7 Å². The maximum atomic E-state index is 11.6. The van der Waals surface area contributed by atoms with Gasteiger partial charge in [0, 0.05) is 13.1 Å². The van der Waals surface area contributed by atoms with E-state index in [0.29, 0.717) is 38.6 Å². The number of carboxylic acid groups (broad SMARTS) is 5. The van der Waals surface area contributed by atoms with Gasteiger partial charge in [-0.2, -0.15) is 0 Å². The van der Waals surface area contributed by atoms with Crippen LogP contribution in [-0.4, -0.2) is 116 Å². The molecule has 294 valence electrons. The third-order valence-electron chi connectivity index (χ3n) is 6.64. The first kappa shape index (κ1) is 47.7. The zero-order valence-electron chi connectivity index (χ0n) is 28.9. The van der Waals surface area contributed by atoms with Crippen molar-refractivity contribution in [1.82, 2.24) is 15.5 Å². The molecule has 9 N–H and O–H groups in total. The smallest absolute Gasteiger partial charge is 0.407 e. The standard InChI is InChI=1S/C18H24N2O8.C14H20N2O4.C2H3BrO2/c21-15(22)10-20(11-16(23)24)14(17(25)26)8-4-5-9-19-18(27)28-12-13-6-2-1-3-7-13;15-12(13(17)18)8-4-5-9-16-14(19)20-10-11-6-2-1-3-7-11;3-1-2(4)5/h1-3,6-7,14H,4-5,8-12H2,(H,19,27)(H,21,22)(H,23,24)(H,25,26);1-3,6-7,12H,4-5,8-10,15H2,(H,16,19)(H,17,18);1H2,(H,4,5). The number of alkyl halides is 1. The van der Waals surface area contributed by atoms with Crippen molar-refractivity contribution in [1.29, 1.82) is 0 Å². The monoisotopic (exact) mass is 814 g/mol. The predicted molar refractivity (Wildman–Crippen MR) is 192 cm³/mol. The van der Waals surface area contributed by atoms with Gasteiger partial charge in [-0.15, -0.1) is 0 Å². The lowest BCUT2D eigenvalue weighted by Gasteiger charge is -2.25. The molecule has 2 unspecified atom stereocenters. The normalized spacial score (nSPS) is 11.2. The van der Waals surface area contributed by atoms with Crippen LogP contribution in [0.15, 0.2) is 60.7 Å². The van der Waals surface area contributed by atoms with Crippen molar-refractivity contribution in [2.24, 2.45) is 5.73 Å². The summed E-state index contributed by atoms with van der Waals surface area (Å²) in [6.45, 7) is -0.317. The summed E-state index contributed by atoms with van der Waals surface area (Å²) in [5.74, 6) is -5.74. The van der Waals surface area contributed by atoms with Crippen LogP contribution in [0.3, 0.4) is 0 Å². The van der Waals surface area contributed by atoms with Gasteiger partial charge < -0.3 is 51.4 Å². The Morgan fingerprint density at radius 1 is 0.623 bits per heavy atom. The Morgan fingerprint density at radius 2 is 1.02 bits per heavy atom. The Balaban J connectivity index is 0.000000941. The number of amides is 2. The molecule has 0 fully saturated rings.